The molecule has 4 heteroatoms. The van der Waals surface area contributed by atoms with Gasteiger partial charge in [0, 0.05) is 12.1 Å². The molecular weight excluding hydrogens is 318 g/mol. The molecule has 20 heavy (non-hydrogen) atoms. The largest absolute Gasteiger partial charge is 0.497 e. The molecule has 0 fully saturated rings. The van der Waals surface area contributed by atoms with Crippen LogP contribution >= 0.6 is 15.9 Å². The first-order chi connectivity index (χ1) is 9.74. The minimum absolute atomic E-state index is 0.773. The van der Waals surface area contributed by atoms with E-state index in [2.05, 4.69) is 34.2 Å². The van der Waals surface area contributed by atoms with Crippen molar-refractivity contribution in [2.45, 2.75) is 13.5 Å². The van der Waals surface area contributed by atoms with Crippen molar-refractivity contribution in [2.75, 3.05) is 13.7 Å². The highest BCUT2D eigenvalue weighted by atomic mass is 79.9. The first-order valence-electron chi connectivity index (χ1n) is 6.54. The number of benzene rings is 2. The van der Waals surface area contributed by atoms with Gasteiger partial charge < -0.3 is 14.8 Å². The second-order valence-electron chi connectivity index (χ2n) is 4.29. The van der Waals surface area contributed by atoms with Crippen molar-refractivity contribution in [3.8, 4) is 17.2 Å². The Morgan fingerprint density at radius 1 is 1.10 bits per heavy atom. The smallest absolute Gasteiger partial charge is 0.141 e. The maximum Gasteiger partial charge on any atom is 0.141 e. The Morgan fingerprint density at radius 3 is 2.60 bits per heavy atom. The fraction of sp³-hybridized carbons (Fsp3) is 0.250. The predicted molar refractivity (Wildman–Crippen MR) is 84.6 cm³/mol. The van der Waals surface area contributed by atoms with E-state index >= 15 is 0 Å². The Kier molecular flexibility index (Phi) is 5.44. The number of rotatable bonds is 6. The topological polar surface area (TPSA) is 30.5 Å². The zero-order valence-corrected chi connectivity index (χ0v) is 13.2. The summed E-state index contributed by atoms with van der Waals surface area (Å²) < 4.78 is 12.0. The van der Waals surface area contributed by atoms with Crippen LogP contribution in [0.15, 0.2) is 46.9 Å². The Balaban J connectivity index is 2.21. The lowest BCUT2D eigenvalue weighted by molar-refractivity contribution is 0.412. The minimum atomic E-state index is 0.773. The summed E-state index contributed by atoms with van der Waals surface area (Å²) in [5, 5.41) is 3.31. The first-order valence-corrected chi connectivity index (χ1v) is 7.34. The van der Waals surface area contributed by atoms with Crippen LogP contribution < -0.4 is 14.8 Å². The molecule has 2 rings (SSSR count). The van der Waals surface area contributed by atoms with Gasteiger partial charge in [-0.25, -0.2) is 0 Å². The SMILES string of the molecule is CCNCc1ccccc1Oc1ccc(OC)cc1Br. The average molecular weight is 336 g/mol. The maximum atomic E-state index is 5.99. The van der Waals surface area contributed by atoms with Crippen molar-refractivity contribution in [1.29, 1.82) is 0 Å². The quantitative estimate of drug-likeness (QED) is 0.850. The van der Waals surface area contributed by atoms with Crippen molar-refractivity contribution in [1.82, 2.24) is 5.32 Å². The van der Waals surface area contributed by atoms with Gasteiger partial charge >= 0.3 is 0 Å². The van der Waals surface area contributed by atoms with E-state index in [0.717, 1.165) is 40.4 Å². The summed E-state index contributed by atoms with van der Waals surface area (Å²) in [5.41, 5.74) is 1.14. The highest BCUT2D eigenvalue weighted by molar-refractivity contribution is 9.10. The van der Waals surface area contributed by atoms with Crippen LogP contribution in [-0.2, 0) is 6.54 Å². The van der Waals surface area contributed by atoms with Gasteiger partial charge in [0.2, 0.25) is 0 Å². The van der Waals surface area contributed by atoms with E-state index in [-0.39, 0.29) is 0 Å². The fourth-order valence-corrected chi connectivity index (χ4v) is 2.26. The van der Waals surface area contributed by atoms with E-state index < -0.39 is 0 Å². The highest BCUT2D eigenvalue weighted by Gasteiger charge is 2.07. The van der Waals surface area contributed by atoms with Crippen molar-refractivity contribution in [3.05, 3.63) is 52.5 Å². The molecule has 3 nitrogen and oxygen atoms in total. The van der Waals surface area contributed by atoms with Crippen LogP contribution in [0.25, 0.3) is 0 Å². The average Bonchev–Trinajstić information content (AvgIpc) is 2.48. The number of hydrogen-bond acceptors (Lipinski definition) is 3. The Labute approximate surface area is 128 Å². The molecule has 0 aliphatic rings. The standard InChI is InChI=1S/C16H18BrNO2/c1-3-18-11-12-6-4-5-7-15(12)20-16-9-8-13(19-2)10-14(16)17/h4-10,18H,3,11H2,1-2H3. The summed E-state index contributed by atoms with van der Waals surface area (Å²) in [6.07, 6.45) is 0. The molecule has 0 aliphatic heterocycles. The fourth-order valence-electron chi connectivity index (χ4n) is 1.82. The summed E-state index contributed by atoms with van der Waals surface area (Å²) in [5.74, 6) is 2.43. The lowest BCUT2D eigenvalue weighted by Crippen LogP contribution is -2.12. The van der Waals surface area contributed by atoms with Gasteiger partial charge in [0.05, 0.1) is 11.6 Å². The van der Waals surface area contributed by atoms with E-state index in [9.17, 15) is 0 Å². The van der Waals surface area contributed by atoms with Crippen LogP contribution in [0.2, 0.25) is 0 Å². The van der Waals surface area contributed by atoms with Crippen molar-refractivity contribution >= 4 is 15.9 Å². The third kappa shape index (κ3) is 3.74. The normalized spacial score (nSPS) is 10.3. The molecule has 2 aromatic carbocycles. The summed E-state index contributed by atoms with van der Waals surface area (Å²) in [6, 6.07) is 13.7. The molecular formula is C16H18BrNO2. The summed E-state index contributed by atoms with van der Waals surface area (Å²) in [4.78, 5) is 0. The predicted octanol–water partition coefficient (Wildman–Crippen LogP) is 4.36. The van der Waals surface area contributed by atoms with Gasteiger partial charge in [0.15, 0.2) is 0 Å². The van der Waals surface area contributed by atoms with Crippen molar-refractivity contribution in [3.63, 3.8) is 0 Å². The number of ether oxygens (including phenoxy) is 2. The minimum Gasteiger partial charge on any atom is -0.497 e. The third-order valence-corrected chi connectivity index (χ3v) is 3.52. The molecule has 0 aromatic heterocycles. The van der Waals surface area contributed by atoms with Gasteiger partial charge in [-0.05, 0) is 46.7 Å². The van der Waals surface area contributed by atoms with Crippen LogP contribution in [0.3, 0.4) is 0 Å². The summed E-state index contributed by atoms with van der Waals surface area (Å²) >= 11 is 3.50. The van der Waals surface area contributed by atoms with Crippen molar-refractivity contribution in [2.24, 2.45) is 0 Å². The zero-order valence-electron chi connectivity index (χ0n) is 11.7. The maximum absolute atomic E-state index is 5.99. The van der Waals surface area contributed by atoms with Crippen LogP contribution in [0.4, 0.5) is 0 Å². The zero-order chi connectivity index (χ0) is 14.4. The summed E-state index contributed by atoms with van der Waals surface area (Å²) in [7, 11) is 1.65. The van der Waals surface area contributed by atoms with Crippen molar-refractivity contribution < 1.29 is 9.47 Å². The number of halogens is 1. The molecule has 0 radical (unpaired) electrons. The van der Waals surface area contributed by atoms with Gasteiger partial charge in [-0.3, -0.25) is 0 Å². The van der Waals surface area contributed by atoms with E-state index in [1.54, 1.807) is 7.11 Å². The molecule has 1 N–H and O–H groups in total. The lowest BCUT2D eigenvalue weighted by Gasteiger charge is -2.13. The Bertz CT molecular complexity index is 572. The Hall–Kier alpha value is -1.52. The molecule has 0 bridgehead atoms. The van der Waals surface area contributed by atoms with E-state index in [0.29, 0.717) is 0 Å². The van der Waals surface area contributed by atoms with Gasteiger partial charge in [0.1, 0.15) is 17.2 Å². The lowest BCUT2D eigenvalue weighted by atomic mass is 10.2. The molecule has 0 heterocycles. The van der Waals surface area contributed by atoms with Gasteiger partial charge in [-0.2, -0.15) is 0 Å². The molecule has 0 unspecified atom stereocenters. The second kappa shape index (κ2) is 7.31. The highest BCUT2D eigenvalue weighted by Crippen LogP contribution is 2.33. The van der Waals surface area contributed by atoms with E-state index in [4.69, 9.17) is 9.47 Å². The number of para-hydroxylation sites is 1. The van der Waals surface area contributed by atoms with E-state index in [1.165, 1.54) is 0 Å². The van der Waals surface area contributed by atoms with Gasteiger partial charge in [0.25, 0.3) is 0 Å². The number of hydrogen-bond donors (Lipinski definition) is 1. The van der Waals surface area contributed by atoms with Crippen LogP contribution in [0, 0.1) is 0 Å². The molecule has 0 spiro atoms. The number of nitrogens with one attached hydrogen (secondary N) is 1. The molecule has 0 saturated heterocycles. The number of methoxy groups -OCH3 is 1. The third-order valence-electron chi connectivity index (χ3n) is 2.90. The summed E-state index contributed by atoms with van der Waals surface area (Å²) in [6.45, 7) is 3.81. The van der Waals surface area contributed by atoms with Gasteiger partial charge in [-0.15, -0.1) is 0 Å². The molecule has 0 aliphatic carbocycles. The molecule has 0 saturated carbocycles. The molecule has 0 amide bonds. The molecule has 2 aromatic rings. The Morgan fingerprint density at radius 2 is 1.90 bits per heavy atom. The van der Waals surface area contributed by atoms with E-state index in [1.807, 2.05) is 36.4 Å². The van der Waals surface area contributed by atoms with Crippen LogP contribution in [-0.4, -0.2) is 13.7 Å². The molecule has 106 valence electrons. The molecule has 0 atom stereocenters. The van der Waals surface area contributed by atoms with Gasteiger partial charge in [-0.1, -0.05) is 25.1 Å². The second-order valence-corrected chi connectivity index (χ2v) is 5.14. The van der Waals surface area contributed by atoms with Crippen LogP contribution in [0.5, 0.6) is 17.2 Å². The first kappa shape index (κ1) is 14.9. The van der Waals surface area contributed by atoms with Crippen LogP contribution in [0.1, 0.15) is 12.5 Å². The monoisotopic (exact) mass is 335 g/mol.